The third-order valence-electron chi connectivity index (χ3n) is 3.72. The molecule has 122 valence electrons. The van der Waals surface area contributed by atoms with Gasteiger partial charge in [0.2, 0.25) is 0 Å². The zero-order chi connectivity index (χ0) is 15.6. The van der Waals surface area contributed by atoms with Gasteiger partial charge in [-0.05, 0) is 44.2 Å². The largest absolute Gasteiger partial charge is 0.490 e. The quantitative estimate of drug-likeness (QED) is 0.801. The summed E-state index contributed by atoms with van der Waals surface area (Å²) in [6, 6.07) is 7.38. The van der Waals surface area contributed by atoms with Gasteiger partial charge in [0.25, 0.3) is 5.91 Å². The Morgan fingerprint density at radius 2 is 1.91 bits per heavy atom. The third-order valence-corrected chi connectivity index (χ3v) is 3.72. The van der Waals surface area contributed by atoms with Crippen molar-refractivity contribution in [2.45, 2.75) is 26.2 Å². The molecule has 0 atom stereocenters. The van der Waals surface area contributed by atoms with Crippen LogP contribution in [0, 0.1) is 5.92 Å². The third kappa shape index (κ3) is 5.56. The van der Waals surface area contributed by atoms with E-state index in [1.165, 1.54) is 0 Å². The molecule has 1 N–H and O–H groups in total. The number of para-hydroxylation sites is 2. The lowest BCUT2D eigenvalue weighted by atomic mass is 9.97. The molecule has 1 aliphatic heterocycles. The monoisotopic (exact) mass is 307 g/mol. The van der Waals surface area contributed by atoms with Crippen LogP contribution in [0.3, 0.4) is 0 Å². The van der Waals surface area contributed by atoms with Crippen molar-refractivity contribution in [2.24, 2.45) is 5.92 Å². The normalized spacial score (nSPS) is 15.3. The van der Waals surface area contributed by atoms with Crippen LogP contribution in [-0.2, 0) is 9.53 Å². The number of carbonyl (C=O) groups excluding carboxylic acids is 1. The van der Waals surface area contributed by atoms with E-state index in [0.717, 1.165) is 32.5 Å². The predicted molar refractivity (Wildman–Crippen MR) is 84.3 cm³/mol. The maximum atomic E-state index is 11.8. The Kier molecular flexibility index (Phi) is 7.03. The van der Waals surface area contributed by atoms with Crippen molar-refractivity contribution in [3.8, 4) is 11.5 Å². The molecular weight excluding hydrogens is 282 g/mol. The first-order chi connectivity index (χ1) is 10.8. The summed E-state index contributed by atoms with van der Waals surface area (Å²) in [7, 11) is 0. The van der Waals surface area contributed by atoms with Crippen molar-refractivity contribution in [1.29, 1.82) is 0 Å². The van der Waals surface area contributed by atoms with Crippen LogP contribution in [0.25, 0.3) is 0 Å². The summed E-state index contributed by atoms with van der Waals surface area (Å²) in [4.78, 5) is 11.8. The number of carbonyl (C=O) groups is 1. The topological polar surface area (TPSA) is 56.8 Å². The molecule has 2 rings (SSSR count). The summed E-state index contributed by atoms with van der Waals surface area (Å²) in [6.45, 7) is 4.88. The van der Waals surface area contributed by atoms with Crippen LogP contribution in [0.15, 0.2) is 24.3 Å². The number of nitrogens with one attached hydrogen (secondary N) is 1. The van der Waals surface area contributed by atoms with Crippen LogP contribution in [0.4, 0.5) is 0 Å². The van der Waals surface area contributed by atoms with E-state index in [-0.39, 0.29) is 12.5 Å². The number of hydrogen-bond acceptors (Lipinski definition) is 4. The molecule has 0 aromatic heterocycles. The average Bonchev–Trinajstić information content (AvgIpc) is 2.55. The van der Waals surface area contributed by atoms with Crippen molar-refractivity contribution in [2.75, 3.05) is 33.0 Å². The van der Waals surface area contributed by atoms with Gasteiger partial charge in [0.15, 0.2) is 18.1 Å². The number of ether oxygens (including phenoxy) is 3. The molecule has 22 heavy (non-hydrogen) atoms. The fourth-order valence-corrected chi connectivity index (χ4v) is 2.49. The number of hydrogen-bond donors (Lipinski definition) is 1. The van der Waals surface area contributed by atoms with Crippen molar-refractivity contribution in [3.05, 3.63) is 24.3 Å². The Labute approximate surface area is 131 Å². The molecular formula is C17H25NO4. The Morgan fingerprint density at radius 1 is 1.23 bits per heavy atom. The van der Waals surface area contributed by atoms with Gasteiger partial charge in [0.05, 0.1) is 6.61 Å². The second-order valence-corrected chi connectivity index (χ2v) is 5.36. The summed E-state index contributed by atoms with van der Waals surface area (Å²) in [6.07, 6.45) is 3.19. The van der Waals surface area contributed by atoms with Gasteiger partial charge in [-0.15, -0.1) is 0 Å². The summed E-state index contributed by atoms with van der Waals surface area (Å²) in [5, 5.41) is 2.91. The molecule has 1 saturated heterocycles. The summed E-state index contributed by atoms with van der Waals surface area (Å²) >= 11 is 0. The molecule has 5 nitrogen and oxygen atoms in total. The Hall–Kier alpha value is -1.75. The smallest absolute Gasteiger partial charge is 0.257 e. The summed E-state index contributed by atoms with van der Waals surface area (Å²) in [5.41, 5.74) is 0. The number of rotatable bonds is 8. The molecule has 1 aliphatic rings. The van der Waals surface area contributed by atoms with E-state index in [2.05, 4.69) is 5.32 Å². The maximum absolute atomic E-state index is 11.8. The van der Waals surface area contributed by atoms with E-state index >= 15 is 0 Å². The van der Waals surface area contributed by atoms with E-state index in [0.29, 0.717) is 30.6 Å². The van der Waals surface area contributed by atoms with Gasteiger partial charge < -0.3 is 19.5 Å². The lowest BCUT2D eigenvalue weighted by Gasteiger charge is -2.21. The van der Waals surface area contributed by atoms with Crippen molar-refractivity contribution < 1.29 is 19.0 Å². The molecule has 0 bridgehead atoms. The fourth-order valence-electron chi connectivity index (χ4n) is 2.49. The molecule has 0 radical (unpaired) electrons. The van der Waals surface area contributed by atoms with Gasteiger partial charge in [-0.2, -0.15) is 0 Å². The highest BCUT2D eigenvalue weighted by Crippen LogP contribution is 2.26. The first kappa shape index (κ1) is 16.6. The van der Waals surface area contributed by atoms with Crippen molar-refractivity contribution in [3.63, 3.8) is 0 Å². The summed E-state index contributed by atoms with van der Waals surface area (Å²) < 4.78 is 16.3. The maximum Gasteiger partial charge on any atom is 0.257 e. The van der Waals surface area contributed by atoms with Crippen LogP contribution < -0.4 is 14.8 Å². The van der Waals surface area contributed by atoms with Crippen molar-refractivity contribution >= 4 is 5.91 Å². The highest BCUT2D eigenvalue weighted by Gasteiger charge is 2.14. The second-order valence-electron chi connectivity index (χ2n) is 5.36. The standard InChI is InChI=1S/C17H25NO4/c1-2-21-15-5-3-4-6-16(15)22-13-17(19)18-10-7-14-8-11-20-12-9-14/h3-6,14H,2,7-13H2,1H3,(H,18,19). The van der Waals surface area contributed by atoms with Crippen molar-refractivity contribution in [1.82, 2.24) is 5.32 Å². The minimum atomic E-state index is -0.0987. The lowest BCUT2D eigenvalue weighted by Crippen LogP contribution is -2.31. The van der Waals surface area contributed by atoms with Gasteiger partial charge in [0, 0.05) is 19.8 Å². The average molecular weight is 307 g/mol. The molecule has 1 amide bonds. The van der Waals surface area contributed by atoms with E-state index in [4.69, 9.17) is 14.2 Å². The van der Waals surface area contributed by atoms with E-state index in [1.54, 1.807) is 6.07 Å². The molecule has 5 heteroatoms. The van der Waals surface area contributed by atoms with Crippen LogP contribution in [0.2, 0.25) is 0 Å². The van der Waals surface area contributed by atoms with E-state index < -0.39 is 0 Å². The molecule has 0 spiro atoms. The molecule has 1 aromatic carbocycles. The molecule has 1 aromatic rings. The Balaban J connectivity index is 1.67. The van der Waals surface area contributed by atoms with E-state index in [9.17, 15) is 4.79 Å². The predicted octanol–water partition coefficient (Wildman–Crippen LogP) is 2.40. The Morgan fingerprint density at radius 3 is 2.59 bits per heavy atom. The zero-order valence-corrected chi connectivity index (χ0v) is 13.2. The van der Waals surface area contributed by atoms with Gasteiger partial charge in [-0.25, -0.2) is 0 Å². The minimum Gasteiger partial charge on any atom is -0.490 e. The molecule has 0 unspecified atom stereocenters. The first-order valence-corrected chi connectivity index (χ1v) is 7.98. The number of amides is 1. The van der Waals surface area contributed by atoms with Crippen LogP contribution >= 0.6 is 0 Å². The molecule has 1 fully saturated rings. The zero-order valence-electron chi connectivity index (χ0n) is 13.2. The SMILES string of the molecule is CCOc1ccccc1OCC(=O)NCCC1CCOCC1. The van der Waals surface area contributed by atoms with Gasteiger partial charge in [-0.3, -0.25) is 4.79 Å². The summed E-state index contributed by atoms with van der Waals surface area (Å²) in [5.74, 6) is 1.83. The Bertz CT molecular complexity index is 458. The molecule has 1 heterocycles. The van der Waals surface area contributed by atoms with E-state index in [1.807, 2.05) is 25.1 Å². The van der Waals surface area contributed by atoms with Gasteiger partial charge >= 0.3 is 0 Å². The first-order valence-electron chi connectivity index (χ1n) is 7.98. The number of benzene rings is 1. The minimum absolute atomic E-state index is 0.0118. The van der Waals surface area contributed by atoms with Gasteiger partial charge in [0.1, 0.15) is 0 Å². The highest BCUT2D eigenvalue weighted by molar-refractivity contribution is 5.77. The second kappa shape index (κ2) is 9.30. The fraction of sp³-hybridized carbons (Fsp3) is 0.588. The van der Waals surface area contributed by atoms with Crippen LogP contribution in [0.5, 0.6) is 11.5 Å². The highest BCUT2D eigenvalue weighted by atomic mass is 16.5. The van der Waals surface area contributed by atoms with Crippen LogP contribution in [0.1, 0.15) is 26.2 Å². The molecule has 0 aliphatic carbocycles. The lowest BCUT2D eigenvalue weighted by molar-refractivity contribution is -0.123. The van der Waals surface area contributed by atoms with Crippen LogP contribution in [-0.4, -0.2) is 38.9 Å². The molecule has 0 saturated carbocycles. The van der Waals surface area contributed by atoms with Gasteiger partial charge in [-0.1, -0.05) is 12.1 Å².